The predicted molar refractivity (Wildman–Crippen MR) is 125 cm³/mol. The lowest BCUT2D eigenvalue weighted by Gasteiger charge is -2.08. The molecule has 0 heterocycles. The summed E-state index contributed by atoms with van der Waals surface area (Å²) < 4.78 is 5.73. The molecule has 0 saturated heterocycles. The zero-order valence-corrected chi connectivity index (χ0v) is 19.7. The average molecular weight is 504 g/mol. The van der Waals surface area contributed by atoms with Crippen molar-refractivity contribution in [3.8, 4) is 11.5 Å². The molecule has 0 fully saturated rings. The molecule has 2 amide bonds. The highest BCUT2D eigenvalue weighted by Gasteiger charge is 2.44. The van der Waals surface area contributed by atoms with Gasteiger partial charge in [-0.25, -0.2) is 0 Å². The summed E-state index contributed by atoms with van der Waals surface area (Å²) in [6, 6.07) is 8.09. The number of Topliss-reactive ketones (excluding diaryl/α,β-unsaturated/α-hetero) is 6. The van der Waals surface area contributed by atoms with Crippen LogP contribution in [0.5, 0.6) is 11.5 Å². The maximum absolute atomic E-state index is 12.8. The third-order valence-electron chi connectivity index (χ3n) is 6.00. The average Bonchev–Trinajstić information content (AvgIpc) is 3.24. The summed E-state index contributed by atoms with van der Waals surface area (Å²) in [5.41, 5.74) is 0.0713. The van der Waals surface area contributed by atoms with Crippen molar-refractivity contribution in [1.82, 2.24) is 10.6 Å². The van der Waals surface area contributed by atoms with Gasteiger partial charge in [0.25, 0.3) is 0 Å². The quantitative estimate of drug-likeness (QED) is 0.495. The Labute approximate surface area is 209 Å². The molecule has 2 aromatic rings. The number of nitrogens with one attached hydrogen (secondary N) is 2. The highest BCUT2D eigenvalue weighted by Crippen LogP contribution is 2.35. The highest BCUT2D eigenvalue weighted by atomic mass is 16.5. The normalized spacial score (nSPS) is 17.8. The van der Waals surface area contributed by atoms with Crippen molar-refractivity contribution >= 4 is 46.5 Å². The van der Waals surface area contributed by atoms with E-state index in [9.17, 15) is 38.4 Å². The third kappa shape index (κ3) is 4.70. The van der Waals surface area contributed by atoms with E-state index in [1.165, 1.54) is 50.2 Å². The lowest BCUT2D eigenvalue weighted by molar-refractivity contribution is -0.124. The molecular weight excluding hydrogens is 484 g/mol. The van der Waals surface area contributed by atoms with Gasteiger partial charge in [0.1, 0.15) is 23.3 Å². The van der Waals surface area contributed by atoms with Crippen LogP contribution in [0.1, 0.15) is 55.3 Å². The summed E-state index contributed by atoms with van der Waals surface area (Å²) in [6.07, 6.45) is 0. The minimum Gasteiger partial charge on any atom is -0.457 e. The van der Waals surface area contributed by atoms with Crippen molar-refractivity contribution in [2.45, 2.75) is 13.8 Å². The van der Waals surface area contributed by atoms with Gasteiger partial charge < -0.3 is 15.4 Å². The standard InChI is InChI=1S/C26H20N2O9/c1-11(29)27-9-19(31)21-23(33)15-5-3-13(7-17(15)25(21)35)37-14-4-6-16-18(8-14)26(36)22(24(16)34)20(32)10-28-12(2)30/h3-8,21-22H,9-10H2,1-2H3,(H,27,29)(H,28,30). The van der Waals surface area contributed by atoms with Gasteiger partial charge in [-0.1, -0.05) is 0 Å². The maximum atomic E-state index is 12.8. The number of carbonyl (C=O) groups is 8. The van der Waals surface area contributed by atoms with Gasteiger partial charge in [-0.05, 0) is 36.4 Å². The fraction of sp³-hybridized carbons (Fsp3) is 0.231. The zero-order valence-electron chi connectivity index (χ0n) is 19.7. The van der Waals surface area contributed by atoms with Gasteiger partial charge in [0.15, 0.2) is 34.7 Å². The molecule has 0 aliphatic heterocycles. The number of ether oxygens (including phenoxy) is 1. The van der Waals surface area contributed by atoms with Crippen LogP contribution in [0.25, 0.3) is 0 Å². The molecule has 2 aliphatic rings. The van der Waals surface area contributed by atoms with Crippen LogP contribution < -0.4 is 15.4 Å². The lowest BCUT2D eigenvalue weighted by Crippen LogP contribution is -2.35. The van der Waals surface area contributed by atoms with E-state index in [-0.39, 0.29) is 33.8 Å². The molecule has 2 N–H and O–H groups in total. The number of carbonyl (C=O) groups excluding carboxylic acids is 8. The van der Waals surface area contributed by atoms with Crippen LogP contribution in [0.3, 0.4) is 0 Å². The summed E-state index contributed by atoms with van der Waals surface area (Å²) in [4.78, 5) is 97.6. The molecule has 0 saturated carbocycles. The SMILES string of the molecule is CC(=O)NCC(=O)C1C(=O)c2ccc(Oc3ccc4c(c3)C(=O)C(C(=O)CNC(C)=O)C4=O)cc2C1=O. The maximum Gasteiger partial charge on any atom is 0.217 e. The Bertz CT molecular complexity index is 1330. The van der Waals surface area contributed by atoms with Crippen LogP contribution in [-0.2, 0) is 19.2 Å². The van der Waals surface area contributed by atoms with Crippen molar-refractivity contribution in [1.29, 1.82) is 0 Å². The van der Waals surface area contributed by atoms with Gasteiger partial charge in [-0.3, -0.25) is 38.4 Å². The third-order valence-corrected chi connectivity index (χ3v) is 6.00. The van der Waals surface area contributed by atoms with Crippen LogP contribution >= 0.6 is 0 Å². The topological polar surface area (TPSA) is 170 Å². The number of hydrogen-bond donors (Lipinski definition) is 2. The van der Waals surface area contributed by atoms with Crippen LogP contribution in [0.15, 0.2) is 36.4 Å². The Morgan fingerprint density at radius 1 is 0.622 bits per heavy atom. The summed E-state index contributed by atoms with van der Waals surface area (Å²) in [5.74, 6) is -8.00. The second-order valence-electron chi connectivity index (χ2n) is 8.59. The summed E-state index contributed by atoms with van der Waals surface area (Å²) in [7, 11) is 0. The molecule has 2 atom stereocenters. The molecule has 2 unspecified atom stereocenters. The van der Waals surface area contributed by atoms with Crippen LogP contribution in [0.2, 0.25) is 0 Å². The Balaban J connectivity index is 1.53. The molecule has 37 heavy (non-hydrogen) atoms. The van der Waals surface area contributed by atoms with Crippen molar-refractivity contribution in [3.63, 3.8) is 0 Å². The van der Waals surface area contributed by atoms with E-state index >= 15 is 0 Å². The van der Waals surface area contributed by atoms with E-state index in [4.69, 9.17) is 4.74 Å². The molecule has 2 aromatic carbocycles. The Kier molecular flexibility index (Phi) is 6.62. The summed E-state index contributed by atoms with van der Waals surface area (Å²) in [6.45, 7) is 1.50. The molecule has 188 valence electrons. The predicted octanol–water partition coefficient (Wildman–Crippen LogP) is 0.880. The van der Waals surface area contributed by atoms with E-state index in [1.54, 1.807) is 0 Å². The van der Waals surface area contributed by atoms with Crippen molar-refractivity contribution in [3.05, 3.63) is 58.7 Å². The fourth-order valence-corrected chi connectivity index (χ4v) is 4.22. The number of amides is 2. The monoisotopic (exact) mass is 504 g/mol. The minimum atomic E-state index is -1.55. The molecule has 0 spiro atoms. The first-order chi connectivity index (χ1) is 17.5. The highest BCUT2D eigenvalue weighted by molar-refractivity contribution is 6.36. The molecule has 4 rings (SSSR count). The molecule has 0 radical (unpaired) electrons. The van der Waals surface area contributed by atoms with E-state index in [0.29, 0.717) is 0 Å². The molecule has 11 heteroatoms. The zero-order chi connectivity index (χ0) is 27.0. The Morgan fingerprint density at radius 3 is 1.32 bits per heavy atom. The van der Waals surface area contributed by atoms with Crippen LogP contribution in [0, 0.1) is 11.8 Å². The smallest absolute Gasteiger partial charge is 0.217 e. The largest absolute Gasteiger partial charge is 0.457 e. The summed E-state index contributed by atoms with van der Waals surface area (Å²) >= 11 is 0. The summed E-state index contributed by atoms with van der Waals surface area (Å²) in [5, 5.41) is 4.55. The number of ketones is 6. The number of benzene rings is 2. The van der Waals surface area contributed by atoms with Gasteiger partial charge in [-0.15, -0.1) is 0 Å². The Morgan fingerprint density at radius 2 is 0.973 bits per heavy atom. The first kappa shape index (κ1) is 25.3. The van der Waals surface area contributed by atoms with Crippen molar-refractivity contribution in [2.24, 2.45) is 11.8 Å². The number of fused-ring (bicyclic) bond motifs is 2. The van der Waals surface area contributed by atoms with Crippen molar-refractivity contribution < 1.29 is 43.1 Å². The molecule has 2 aliphatic carbocycles. The second kappa shape index (κ2) is 9.69. The van der Waals surface area contributed by atoms with Crippen LogP contribution in [-0.4, -0.2) is 59.6 Å². The molecular formula is C26H20N2O9. The fourth-order valence-electron chi connectivity index (χ4n) is 4.22. The van der Waals surface area contributed by atoms with Gasteiger partial charge in [0.05, 0.1) is 13.1 Å². The first-order valence-electron chi connectivity index (χ1n) is 11.2. The van der Waals surface area contributed by atoms with Gasteiger partial charge >= 0.3 is 0 Å². The van der Waals surface area contributed by atoms with Gasteiger partial charge in [0.2, 0.25) is 11.8 Å². The van der Waals surface area contributed by atoms with Crippen LogP contribution in [0.4, 0.5) is 0 Å². The number of rotatable bonds is 8. The first-order valence-corrected chi connectivity index (χ1v) is 11.2. The second-order valence-corrected chi connectivity index (χ2v) is 8.59. The molecule has 0 bridgehead atoms. The molecule has 0 aromatic heterocycles. The Hall–Kier alpha value is -4.80. The van der Waals surface area contributed by atoms with E-state index in [1.807, 2.05) is 0 Å². The van der Waals surface area contributed by atoms with Crippen molar-refractivity contribution in [2.75, 3.05) is 13.1 Å². The van der Waals surface area contributed by atoms with E-state index in [0.717, 1.165) is 0 Å². The minimum absolute atomic E-state index is 0.0141. The van der Waals surface area contributed by atoms with E-state index < -0.39 is 71.4 Å². The molecule has 11 nitrogen and oxygen atoms in total. The number of hydrogen-bond acceptors (Lipinski definition) is 9. The lowest BCUT2D eigenvalue weighted by atomic mass is 9.98. The van der Waals surface area contributed by atoms with Gasteiger partial charge in [-0.2, -0.15) is 0 Å². The van der Waals surface area contributed by atoms with E-state index in [2.05, 4.69) is 10.6 Å². The van der Waals surface area contributed by atoms with Gasteiger partial charge in [0, 0.05) is 36.1 Å².